The highest BCUT2D eigenvalue weighted by Gasteiger charge is 2.13. The summed E-state index contributed by atoms with van der Waals surface area (Å²) < 4.78 is 0. The molecule has 0 aliphatic carbocycles. The van der Waals surface area contributed by atoms with Gasteiger partial charge in [-0.1, -0.05) is 11.6 Å². The number of amides is 1. The molecule has 3 rings (SSSR count). The van der Waals surface area contributed by atoms with Gasteiger partial charge >= 0.3 is 0 Å². The van der Waals surface area contributed by atoms with Crippen LogP contribution >= 0.6 is 11.6 Å². The fourth-order valence-electron chi connectivity index (χ4n) is 2.07. The molecule has 1 aromatic carbocycles. The zero-order valence-corrected chi connectivity index (χ0v) is 12.7. The maximum Gasteiger partial charge on any atom is 0.269 e. The van der Waals surface area contributed by atoms with Gasteiger partial charge in [0.05, 0.1) is 5.69 Å². The minimum absolute atomic E-state index is 0.0460. The number of aromatic amines is 1. The second-order valence-electron chi connectivity index (χ2n) is 4.87. The predicted octanol–water partition coefficient (Wildman–Crippen LogP) is 2.76. The Bertz CT molecular complexity index is 833. The van der Waals surface area contributed by atoms with Crippen molar-refractivity contribution in [3.8, 4) is 17.0 Å². The lowest BCUT2D eigenvalue weighted by Crippen LogP contribution is -2.23. The van der Waals surface area contributed by atoms with Crippen LogP contribution in [-0.4, -0.2) is 26.2 Å². The summed E-state index contributed by atoms with van der Waals surface area (Å²) in [5.74, 6) is -0.244. The highest BCUT2D eigenvalue weighted by Crippen LogP contribution is 2.30. The van der Waals surface area contributed by atoms with Gasteiger partial charge in [-0.05, 0) is 42.0 Å². The van der Waals surface area contributed by atoms with Crippen molar-refractivity contribution >= 4 is 17.5 Å². The van der Waals surface area contributed by atoms with E-state index in [0.717, 1.165) is 5.56 Å². The molecule has 0 fully saturated rings. The first-order valence-corrected chi connectivity index (χ1v) is 7.22. The smallest absolute Gasteiger partial charge is 0.269 e. The summed E-state index contributed by atoms with van der Waals surface area (Å²) in [5.41, 5.74) is 2.15. The number of phenolic OH excluding ortho intramolecular Hbond substituents is 1. The van der Waals surface area contributed by atoms with E-state index in [2.05, 4.69) is 20.5 Å². The predicted molar refractivity (Wildman–Crippen MR) is 86.1 cm³/mol. The number of nitrogens with zero attached hydrogens (tertiary/aromatic N) is 2. The van der Waals surface area contributed by atoms with Gasteiger partial charge in [-0.3, -0.25) is 14.9 Å². The van der Waals surface area contributed by atoms with Crippen molar-refractivity contribution in [2.24, 2.45) is 0 Å². The summed E-state index contributed by atoms with van der Waals surface area (Å²) >= 11 is 5.92. The zero-order valence-electron chi connectivity index (χ0n) is 12.0. The Morgan fingerprint density at radius 3 is 2.78 bits per heavy atom. The molecule has 1 amide bonds. The van der Waals surface area contributed by atoms with Gasteiger partial charge in [0.15, 0.2) is 0 Å². The number of carbonyl (C=O) groups is 1. The van der Waals surface area contributed by atoms with Crippen LogP contribution in [0.5, 0.6) is 5.75 Å². The van der Waals surface area contributed by atoms with E-state index >= 15 is 0 Å². The minimum atomic E-state index is -0.290. The van der Waals surface area contributed by atoms with Crippen LogP contribution in [0.1, 0.15) is 16.1 Å². The zero-order chi connectivity index (χ0) is 16.2. The van der Waals surface area contributed by atoms with Gasteiger partial charge in [-0.15, -0.1) is 0 Å². The Kier molecular flexibility index (Phi) is 4.25. The normalized spacial score (nSPS) is 10.5. The lowest BCUT2D eigenvalue weighted by atomic mass is 10.1. The third kappa shape index (κ3) is 3.49. The van der Waals surface area contributed by atoms with Crippen LogP contribution in [0.2, 0.25) is 5.02 Å². The van der Waals surface area contributed by atoms with E-state index in [4.69, 9.17) is 11.6 Å². The van der Waals surface area contributed by atoms with Crippen LogP contribution in [0.3, 0.4) is 0 Å². The van der Waals surface area contributed by atoms with Gasteiger partial charge in [0.25, 0.3) is 5.91 Å². The first-order valence-electron chi connectivity index (χ1n) is 6.85. The average molecular weight is 329 g/mol. The Hall–Kier alpha value is -2.86. The molecular weight excluding hydrogens is 316 g/mol. The summed E-state index contributed by atoms with van der Waals surface area (Å²) in [6, 6.07) is 9.86. The highest BCUT2D eigenvalue weighted by atomic mass is 35.5. The Labute approximate surface area is 137 Å². The molecule has 3 aromatic rings. The van der Waals surface area contributed by atoms with Crippen molar-refractivity contribution in [2.75, 3.05) is 0 Å². The number of phenols is 1. The molecular formula is C16H13ClN4O2. The SMILES string of the molecule is O=C(NCc1ccncc1)c1cc(-c2cc(Cl)ccc2O)n[nH]1. The number of hydrogen-bond acceptors (Lipinski definition) is 4. The fourth-order valence-corrected chi connectivity index (χ4v) is 2.24. The number of nitrogens with one attached hydrogen (secondary N) is 2. The number of halogens is 1. The minimum Gasteiger partial charge on any atom is -0.507 e. The molecule has 2 heterocycles. The first kappa shape index (κ1) is 15.1. The largest absolute Gasteiger partial charge is 0.507 e. The molecule has 0 aliphatic heterocycles. The molecule has 0 unspecified atom stereocenters. The van der Waals surface area contributed by atoms with Crippen molar-refractivity contribution in [3.05, 3.63) is 65.1 Å². The molecule has 0 saturated carbocycles. The number of hydrogen-bond donors (Lipinski definition) is 3. The van der Waals surface area contributed by atoms with Crippen LogP contribution in [0.4, 0.5) is 0 Å². The molecule has 2 aromatic heterocycles. The van der Waals surface area contributed by atoms with Crippen LogP contribution < -0.4 is 5.32 Å². The average Bonchev–Trinajstić information content (AvgIpc) is 3.06. The van der Waals surface area contributed by atoms with Crippen molar-refractivity contribution in [3.63, 3.8) is 0 Å². The van der Waals surface area contributed by atoms with E-state index in [-0.39, 0.29) is 11.7 Å². The van der Waals surface area contributed by atoms with Gasteiger partial charge in [0.1, 0.15) is 11.4 Å². The Morgan fingerprint density at radius 1 is 1.22 bits per heavy atom. The highest BCUT2D eigenvalue weighted by molar-refractivity contribution is 6.30. The molecule has 116 valence electrons. The van der Waals surface area contributed by atoms with E-state index in [1.807, 2.05) is 12.1 Å². The number of carbonyl (C=O) groups excluding carboxylic acids is 1. The summed E-state index contributed by atoms with van der Waals surface area (Å²) in [6.45, 7) is 0.387. The van der Waals surface area contributed by atoms with E-state index < -0.39 is 0 Å². The van der Waals surface area contributed by atoms with Gasteiger partial charge in [-0.25, -0.2) is 0 Å². The summed E-state index contributed by atoms with van der Waals surface area (Å²) in [5, 5.41) is 19.8. The van der Waals surface area contributed by atoms with Gasteiger partial charge < -0.3 is 10.4 Å². The number of benzene rings is 1. The summed E-state index contributed by atoms with van der Waals surface area (Å²) in [4.78, 5) is 16.0. The number of aromatic hydroxyl groups is 1. The molecule has 0 bridgehead atoms. The molecule has 0 spiro atoms. The molecule has 0 aliphatic rings. The monoisotopic (exact) mass is 328 g/mol. The van der Waals surface area contributed by atoms with Gasteiger partial charge in [0.2, 0.25) is 0 Å². The first-order chi connectivity index (χ1) is 11.1. The Balaban J connectivity index is 1.74. The maximum absolute atomic E-state index is 12.1. The maximum atomic E-state index is 12.1. The quantitative estimate of drug-likeness (QED) is 0.686. The molecule has 23 heavy (non-hydrogen) atoms. The summed E-state index contributed by atoms with van der Waals surface area (Å²) in [7, 11) is 0. The third-order valence-electron chi connectivity index (χ3n) is 3.26. The third-order valence-corrected chi connectivity index (χ3v) is 3.49. The molecule has 7 heteroatoms. The Morgan fingerprint density at radius 2 is 2.00 bits per heavy atom. The van der Waals surface area contributed by atoms with Gasteiger partial charge in [-0.2, -0.15) is 5.10 Å². The van der Waals surface area contributed by atoms with E-state index in [9.17, 15) is 9.90 Å². The second kappa shape index (κ2) is 6.50. The molecule has 3 N–H and O–H groups in total. The molecule has 0 saturated heterocycles. The van der Waals surface area contributed by atoms with E-state index in [0.29, 0.717) is 28.5 Å². The van der Waals surface area contributed by atoms with Crippen LogP contribution in [-0.2, 0) is 6.54 Å². The lowest BCUT2D eigenvalue weighted by molar-refractivity contribution is 0.0946. The number of rotatable bonds is 4. The number of H-pyrrole nitrogens is 1. The van der Waals surface area contributed by atoms with Crippen LogP contribution in [0, 0.1) is 0 Å². The van der Waals surface area contributed by atoms with E-state index in [1.54, 1.807) is 30.6 Å². The van der Waals surface area contributed by atoms with Crippen molar-refractivity contribution in [1.82, 2.24) is 20.5 Å². The fraction of sp³-hybridized carbons (Fsp3) is 0.0625. The summed E-state index contributed by atoms with van der Waals surface area (Å²) in [6.07, 6.45) is 3.33. The topological polar surface area (TPSA) is 90.9 Å². The van der Waals surface area contributed by atoms with Crippen molar-refractivity contribution < 1.29 is 9.90 Å². The molecule has 6 nitrogen and oxygen atoms in total. The lowest BCUT2D eigenvalue weighted by Gasteiger charge is -2.03. The van der Waals surface area contributed by atoms with Gasteiger partial charge in [0, 0.05) is 29.5 Å². The van der Waals surface area contributed by atoms with Crippen LogP contribution in [0.15, 0.2) is 48.8 Å². The molecule has 0 atom stereocenters. The molecule has 0 radical (unpaired) electrons. The standard InChI is InChI=1S/C16H13ClN4O2/c17-11-1-2-15(22)12(7-11)13-8-14(21-20-13)16(23)19-9-10-3-5-18-6-4-10/h1-8,22H,9H2,(H,19,23)(H,20,21). The number of pyridine rings is 1. The van der Waals surface area contributed by atoms with Crippen molar-refractivity contribution in [1.29, 1.82) is 0 Å². The van der Waals surface area contributed by atoms with E-state index in [1.165, 1.54) is 6.07 Å². The van der Waals surface area contributed by atoms with Crippen LogP contribution in [0.25, 0.3) is 11.3 Å². The second-order valence-corrected chi connectivity index (χ2v) is 5.30. The van der Waals surface area contributed by atoms with Crippen molar-refractivity contribution in [2.45, 2.75) is 6.54 Å². The number of aromatic nitrogens is 3.